The highest BCUT2D eigenvalue weighted by molar-refractivity contribution is 5.81. The predicted octanol–water partition coefficient (Wildman–Crippen LogP) is 3.57. The van der Waals surface area contributed by atoms with Crippen molar-refractivity contribution in [2.24, 2.45) is 23.7 Å². The van der Waals surface area contributed by atoms with E-state index in [1.807, 2.05) is 0 Å². The molecule has 2 unspecified atom stereocenters. The van der Waals surface area contributed by atoms with Crippen LogP contribution in [0.4, 0.5) is 0 Å². The zero-order chi connectivity index (χ0) is 12.3. The fourth-order valence-electron chi connectivity index (χ4n) is 3.94. The second-order valence-electron chi connectivity index (χ2n) is 6.04. The highest BCUT2D eigenvalue weighted by Gasteiger charge is 2.34. The van der Waals surface area contributed by atoms with Gasteiger partial charge in [0, 0.05) is 6.08 Å². The zero-order valence-corrected chi connectivity index (χ0v) is 10.9. The van der Waals surface area contributed by atoms with Crippen molar-refractivity contribution in [1.29, 1.82) is 0 Å². The highest BCUT2D eigenvalue weighted by Crippen LogP contribution is 2.45. The number of fused-ring (bicyclic) bond motifs is 2. The van der Waals surface area contributed by atoms with Crippen LogP contribution in [0.1, 0.15) is 45.4 Å². The van der Waals surface area contributed by atoms with Gasteiger partial charge in [-0.3, -0.25) is 0 Å². The van der Waals surface area contributed by atoms with Crippen molar-refractivity contribution in [1.82, 2.24) is 0 Å². The minimum atomic E-state index is -0.283. The van der Waals surface area contributed by atoms with E-state index < -0.39 is 0 Å². The zero-order valence-electron chi connectivity index (χ0n) is 10.9. The van der Waals surface area contributed by atoms with Crippen molar-refractivity contribution in [3.8, 4) is 0 Å². The summed E-state index contributed by atoms with van der Waals surface area (Å²) in [5.41, 5.74) is 0. The standard InChI is InChI=1S/C15H24O2/c1-3-15(16)17-5-4-12-8-13-6-11(2)7-14(9-12)10-13/h3,11-14H,1,4-10H2,2H3. The largest absolute Gasteiger partial charge is 0.463 e. The maximum atomic E-state index is 11.0. The van der Waals surface area contributed by atoms with Crippen molar-refractivity contribution in [3.63, 3.8) is 0 Å². The summed E-state index contributed by atoms with van der Waals surface area (Å²) in [5, 5.41) is 0. The third-order valence-electron chi connectivity index (χ3n) is 4.41. The van der Waals surface area contributed by atoms with E-state index in [1.165, 1.54) is 38.2 Å². The number of rotatable bonds is 4. The first-order chi connectivity index (χ1) is 8.17. The molecule has 0 aromatic heterocycles. The quantitative estimate of drug-likeness (QED) is 0.551. The monoisotopic (exact) mass is 236 g/mol. The van der Waals surface area contributed by atoms with Gasteiger partial charge in [0.2, 0.25) is 0 Å². The van der Waals surface area contributed by atoms with Gasteiger partial charge in [0.1, 0.15) is 0 Å². The smallest absolute Gasteiger partial charge is 0.330 e. The molecule has 0 N–H and O–H groups in total. The van der Waals surface area contributed by atoms with Crippen molar-refractivity contribution in [2.75, 3.05) is 6.61 Å². The van der Waals surface area contributed by atoms with E-state index in [1.54, 1.807) is 0 Å². The highest BCUT2D eigenvalue weighted by atomic mass is 16.5. The average molecular weight is 236 g/mol. The second-order valence-corrected chi connectivity index (χ2v) is 6.04. The van der Waals surface area contributed by atoms with Crippen LogP contribution in [0.2, 0.25) is 0 Å². The molecule has 17 heavy (non-hydrogen) atoms. The molecular formula is C15H24O2. The molecule has 0 amide bonds. The first-order valence-electron chi connectivity index (χ1n) is 6.96. The van der Waals surface area contributed by atoms with Crippen LogP contribution in [0.5, 0.6) is 0 Å². The molecule has 0 heterocycles. The first kappa shape index (κ1) is 12.7. The molecule has 2 saturated carbocycles. The van der Waals surface area contributed by atoms with E-state index in [-0.39, 0.29) is 5.97 Å². The van der Waals surface area contributed by atoms with E-state index in [0.29, 0.717) is 6.61 Å². The van der Waals surface area contributed by atoms with Crippen LogP contribution < -0.4 is 0 Å². The summed E-state index contributed by atoms with van der Waals surface area (Å²) < 4.78 is 5.08. The van der Waals surface area contributed by atoms with Gasteiger partial charge in [-0.05, 0) is 62.2 Å². The molecule has 2 aliphatic carbocycles. The number of hydrogen-bond acceptors (Lipinski definition) is 2. The number of hydrogen-bond donors (Lipinski definition) is 0. The van der Waals surface area contributed by atoms with Crippen LogP contribution in [0.25, 0.3) is 0 Å². The Morgan fingerprint density at radius 3 is 2.47 bits per heavy atom. The van der Waals surface area contributed by atoms with Gasteiger partial charge in [-0.1, -0.05) is 13.5 Å². The minimum Gasteiger partial charge on any atom is -0.463 e. The van der Waals surface area contributed by atoms with Crippen molar-refractivity contribution in [3.05, 3.63) is 12.7 Å². The molecule has 2 heteroatoms. The third-order valence-corrected chi connectivity index (χ3v) is 4.41. The summed E-state index contributed by atoms with van der Waals surface area (Å²) in [6.45, 7) is 6.37. The van der Waals surface area contributed by atoms with Gasteiger partial charge in [0.15, 0.2) is 0 Å². The molecule has 2 atom stereocenters. The van der Waals surface area contributed by atoms with Gasteiger partial charge in [0.25, 0.3) is 0 Å². The summed E-state index contributed by atoms with van der Waals surface area (Å²) in [6.07, 6.45) is 9.28. The molecule has 0 spiro atoms. The minimum absolute atomic E-state index is 0.283. The van der Waals surface area contributed by atoms with Crippen LogP contribution in [-0.4, -0.2) is 12.6 Å². The Hall–Kier alpha value is -0.790. The number of ether oxygens (including phenoxy) is 1. The Morgan fingerprint density at radius 2 is 1.88 bits per heavy atom. The fraction of sp³-hybridized carbons (Fsp3) is 0.800. The van der Waals surface area contributed by atoms with E-state index in [9.17, 15) is 4.79 Å². The molecule has 0 saturated heterocycles. The lowest BCUT2D eigenvalue weighted by Crippen LogP contribution is -2.30. The molecule has 2 bridgehead atoms. The number of esters is 1. The van der Waals surface area contributed by atoms with Gasteiger partial charge in [-0.15, -0.1) is 0 Å². The Kier molecular flexibility index (Phi) is 4.25. The Balaban J connectivity index is 1.73. The van der Waals surface area contributed by atoms with E-state index in [0.717, 1.165) is 30.1 Å². The Labute approximate surface area is 104 Å². The van der Waals surface area contributed by atoms with Crippen molar-refractivity contribution >= 4 is 5.97 Å². The first-order valence-corrected chi connectivity index (χ1v) is 6.96. The molecule has 0 aromatic rings. The molecule has 2 rings (SSSR count). The lowest BCUT2D eigenvalue weighted by molar-refractivity contribution is -0.138. The molecule has 2 aliphatic rings. The summed E-state index contributed by atoms with van der Waals surface area (Å²) in [5.74, 6) is 3.31. The average Bonchev–Trinajstić information content (AvgIpc) is 2.27. The SMILES string of the molecule is C=CC(=O)OCCC1CC2CC(C)CC(C1)C2. The van der Waals surface area contributed by atoms with E-state index in [2.05, 4.69) is 13.5 Å². The molecule has 0 aromatic carbocycles. The summed E-state index contributed by atoms with van der Waals surface area (Å²) in [6, 6.07) is 0. The summed E-state index contributed by atoms with van der Waals surface area (Å²) in [7, 11) is 0. The second kappa shape index (κ2) is 5.70. The maximum Gasteiger partial charge on any atom is 0.330 e. The Bertz CT molecular complexity index is 267. The van der Waals surface area contributed by atoms with E-state index >= 15 is 0 Å². The predicted molar refractivity (Wildman–Crippen MR) is 68.5 cm³/mol. The lowest BCUT2D eigenvalue weighted by atomic mass is 9.64. The lowest BCUT2D eigenvalue weighted by Gasteiger charge is -2.41. The van der Waals surface area contributed by atoms with Crippen LogP contribution in [0.15, 0.2) is 12.7 Å². The Morgan fingerprint density at radius 1 is 1.24 bits per heavy atom. The topological polar surface area (TPSA) is 26.3 Å². The molecule has 0 aliphatic heterocycles. The normalized spacial score (nSPS) is 36.3. The van der Waals surface area contributed by atoms with Crippen LogP contribution >= 0.6 is 0 Å². The van der Waals surface area contributed by atoms with Gasteiger partial charge in [-0.25, -0.2) is 4.79 Å². The van der Waals surface area contributed by atoms with Gasteiger partial charge in [0.05, 0.1) is 6.61 Å². The van der Waals surface area contributed by atoms with Crippen LogP contribution in [-0.2, 0) is 9.53 Å². The third kappa shape index (κ3) is 3.58. The van der Waals surface area contributed by atoms with Crippen molar-refractivity contribution < 1.29 is 9.53 Å². The molecule has 2 fully saturated rings. The van der Waals surface area contributed by atoms with Crippen LogP contribution in [0.3, 0.4) is 0 Å². The summed E-state index contributed by atoms with van der Waals surface area (Å²) in [4.78, 5) is 11.0. The number of carbonyl (C=O) groups excluding carboxylic acids is 1. The van der Waals surface area contributed by atoms with Crippen molar-refractivity contribution in [2.45, 2.75) is 45.4 Å². The van der Waals surface area contributed by atoms with E-state index in [4.69, 9.17) is 4.74 Å². The van der Waals surface area contributed by atoms with Gasteiger partial charge >= 0.3 is 5.97 Å². The van der Waals surface area contributed by atoms with Gasteiger partial charge < -0.3 is 4.74 Å². The van der Waals surface area contributed by atoms with Crippen LogP contribution in [0, 0.1) is 23.7 Å². The fourth-order valence-corrected chi connectivity index (χ4v) is 3.94. The molecule has 0 radical (unpaired) electrons. The molecular weight excluding hydrogens is 212 g/mol. The summed E-state index contributed by atoms with van der Waals surface area (Å²) >= 11 is 0. The number of carbonyl (C=O) groups is 1. The maximum absolute atomic E-state index is 11.0. The molecule has 96 valence electrons. The molecule has 2 nitrogen and oxygen atoms in total. The van der Waals surface area contributed by atoms with Gasteiger partial charge in [-0.2, -0.15) is 0 Å².